The first-order valence-electron chi connectivity index (χ1n) is 12.4. The molecular weight excluding hydrogens is 488 g/mol. The Labute approximate surface area is 220 Å². The molecule has 0 fully saturated rings. The number of amides is 3. The minimum atomic E-state index is -1.60. The number of nitrogens with one attached hydrogen (secondary N) is 1. The van der Waals surface area contributed by atoms with Crippen molar-refractivity contribution in [1.29, 1.82) is 0 Å². The van der Waals surface area contributed by atoms with E-state index in [9.17, 15) is 19.5 Å². The quantitative estimate of drug-likeness (QED) is 0.431. The second kappa shape index (κ2) is 11.0. The van der Waals surface area contributed by atoms with Crippen LogP contribution in [0, 0.1) is 0 Å². The summed E-state index contributed by atoms with van der Waals surface area (Å²) in [5.74, 6) is -1.28. The normalized spacial score (nSPS) is 14.8. The third kappa shape index (κ3) is 6.17. The summed E-state index contributed by atoms with van der Waals surface area (Å²) in [6, 6.07) is 11.3. The van der Waals surface area contributed by atoms with Crippen LogP contribution in [0.2, 0.25) is 0 Å². The topological polar surface area (TPSA) is 153 Å². The maximum Gasteiger partial charge on any atom is 0.414 e. The number of hydrogen-bond donors (Lipinski definition) is 3. The van der Waals surface area contributed by atoms with E-state index in [2.05, 4.69) is 15.4 Å². The minimum absolute atomic E-state index is 0.172. The number of anilines is 1. The van der Waals surface area contributed by atoms with Gasteiger partial charge in [-0.2, -0.15) is 5.10 Å². The number of ether oxygens (including phenoxy) is 1. The van der Waals surface area contributed by atoms with Crippen LogP contribution >= 0.6 is 0 Å². The van der Waals surface area contributed by atoms with E-state index >= 15 is 0 Å². The van der Waals surface area contributed by atoms with E-state index in [1.165, 1.54) is 15.8 Å². The van der Waals surface area contributed by atoms with Crippen LogP contribution in [0.15, 0.2) is 54.9 Å². The van der Waals surface area contributed by atoms with E-state index < -0.39 is 35.7 Å². The lowest BCUT2D eigenvalue weighted by Gasteiger charge is -2.29. The molecule has 2 atom stereocenters. The second-order valence-electron chi connectivity index (χ2n) is 10.1. The van der Waals surface area contributed by atoms with Crippen LogP contribution in [-0.4, -0.2) is 62.1 Å². The van der Waals surface area contributed by atoms with Crippen molar-refractivity contribution >= 4 is 23.6 Å². The number of carbonyl (C=O) groups is 3. The number of hydrogen-bond acceptors (Lipinski definition) is 7. The highest BCUT2D eigenvalue weighted by Crippen LogP contribution is 2.29. The number of carbonyl (C=O) groups excluding carboxylic acids is 3. The molecule has 2 aromatic heterocycles. The SMILES string of the molecule is CC(C)(C)OC(=O)N1CCCc2nn(-c3ncccc3C(=O)NC(Cc3ccccc3)C(O)C(N)=O)cc21. The smallest absolute Gasteiger partial charge is 0.414 e. The van der Waals surface area contributed by atoms with Crippen molar-refractivity contribution in [3.05, 3.63) is 71.7 Å². The zero-order valence-corrected chi connectivity index (χ0v) is 21.6. The van der Waals surface area contributed by atoms with Gasteiger partial charge < -0.3 is 20.9 Å². The average Bonchev–Trinajstić information content (AvgIpc) is 3.31. The molecule has 0 saturated heterocycles. The first kappa shape index (κ1) is 26.8. The first-order valence-corrected chi connectivity index (χ1v) is 12.4. The third-order valence-corrected chi connectivity index (χ3v) is 6.00. The fraction of sp³-hybridized carbons (Fsp3) is 0.370. The van der Waals surface area contributed by atoms with Crippen molar-refractivity contribution in [1.82, 2.24) is 20.1 Å². The molecule has 1 aliphatic heterocycles. The Bertz CT molecular complexity index is 1320. The number of nitrogens with two attached hydrogens (primary N) is 1. The molecule has 0 saturated carbocycles. The lowest BCUT2D eigenvalue weighted by atomic mass is 10.0. The van der Waals surface area contributed by atoms with Gasteiger partial charge in [-0.3, -0.25) is 14.5 Å². The predicted molar refractivity (Wildman–Crippen MR) is 140 cm³/mol. The Kier molecular flexibility index (Phi) is 7.77. The number of aromatic nitrogens is 3. The van der Waals surface area contributed by atoms with E-state index in [-0.39, 0.29) is 17.8 Å². The molecule has 1 aliphatic rings. The van der Waals surface area contributed by atoms with Crippen molar-refractivity contribution < 1.29 is 24.2 Å². The van der Waals surface area contributed by atoms with E-state index in [4.69, 9.17) is 10.5 Å². The minimum Gasteiger partial charge on any atom is -0.443 e. The molecule has 0 bridgehead atoms. The molecule has 11 nitrogen and oxygen atoms in total. The summed E-state index contributed by atoms with van der Waals surface area (Å²) < 4.78 is 7.01. The number of aryl methyl sites for hydroxylation is 1. The summed E-state index contributed by atoms with van der Waals surface area (Å²) in [4.78, 5) is 43.9. The van der Waals surface area contributed by atoms with Gasteiger partial charge in [0.2, 0.25) is 5.91 Å². The highest BCUT2D eigenvalue weighted by atomic mass is 16.6. The highest BCUT2D eigenvalue weighted by Gasteiger charge is 2.31. The van der Waals surface area contributed by atoms with E-state index in [1.807, 2.05) is 30.3 Å². The number of pyridine rings is 1. The zero-order chi connectivity index (χ0) is 27.4. The molecule has 3 aromatic rings. The highest BCUT2D eigenvalue weighted by molar-refractivity contribution is 5.98. The summed E-state index contributed by atoms with van der Waals surface area (Å²) in [5.41, 5.74) is 6.96. The number of nitrogens with zero attached hydrogens (tertiary/aromatic N) is 4. The summed E-state index contributed by atoms with van der Waals surface area (Å²) in [5, 5.41) is 17.8. The maximum atomic E-state index is 13.4. The fourth-order valence-corrected chi connectivity index (χ4v) is 4.26. The zero-order valence-electron chi connectivity index (χ0n) is 21.6. The van der Waals surface area contributed by atoms with Gasteiger partial charge >= 0.3 is 6.09 Å². The second-order valence-corrected chi connectivity index (χ2v) is 10.1. The van der Waals surface area contributed by atoms with Gasteiger partial charge in [-0.1, -0.05) is 30.3 Å². The number of aliphatic hydroxyl groups excluding tert-OH is 1. The van der Waals surface area contributed by atoms with Crippen LogP contribution in [0.1, 0.15) is 48.8 Å². The van der Waals surface area contributed by atoms with Crippen LogP contribution in [-0.2, 0) is 22.4 Å². The van der Waals surface area contributed by atoms with Crippen molar-refractivity contribution in [3.63, 3.8) is 0 Å². The van der Waals surface area contributed by atoms with Crippen molar-refractivity contribution in [2.75, 3.05) is 11.4 Å². The molecule has 200 valence electrons. The van der Waals surface area contributed by atoms with Gasteiger partial charge in [-0.15, -0.1) is 0 Å². The summed E-state index contributed by atoms with van der Waals surface area (Å²) in [6.07, 6.45) is 2.66. The Morgan fingerprint density at radius 2 is 1.89 bits per heavy atom. The van der Waals surface area contributed by atoms with Crippen LogP contribution in [0.5, 0.6) is 0 Å². The Balaban J connectivity index is 1.62. The molecule has 2 unspecified atom stereocenters. The Morgan fingerprint density at radius 1 is 1.16 bits per heavy atom. The van der Waals surface area contributed by atoms with Crippen LogP contribution < -0.4 is 16.0 Å². The monoisotopic (exact) mass is 520 g/mol. The molecule has 4 rings (SSSR count). The predicted octanol–water partition coefficient (Wildman–Crippen LogP) is 2.14. The summed E-state index contributed by atoms with van der Waals surface area (Å²) >= 11 is 0. The van der Waals surface area contributed by atoms with Crippen molar-refractivity contribution in [2.24, 2.45) is 5.73 Å². The van der Waals surface area contributed by atoms with Crippen LogP contribution in [0.3, 0.4) is 0 Å². The summed E-state index contributed by atoms with van der Waals surface area (Å²) in [6.45, 7) is 5.89. The average molecular weight is 521 g/mol. The molecule has 4 N–H and O–H groups in total. The van der Waals surface area contributed by atoms with Gasteiger partial charge in [-0.25, -0.2) is 14.5 Å². The molecule has 11 heteroatoms. The van der Waals surface area contributed by atoms with Crippen LogP contribution in [0.25, 0.3) is 5.82 Å². The van der Waals surface area contributed by atoms with Gasteiger partial charge in [0.1, 0.15) is 5.60 Å². The molecule has 0 spiro atoms. The number of rotatable bonds is 7. The fourth-order valence-electron chi connectivity index (χ4n) is 4.26. The van der Waals surface area contributed by atoms with Gasteiger partial charge in [0.25, 0.3) is 5.91 Å². The third-order valence-electron chi connectivity index (χ3n) is 6.00. The molecule has 1 aromatic carbocycles. The number of aliphatic hydroxyl groups is 1. The lowest BCUT2D eigenvalue weighted by Crippen LogP contribution is -2.50. The molecule has 38 heavy (non-hydrogen) atoms. The lowest BCUT2D eigenvalue weighted by molar-refractivity contribution is -0.127. The maximum absolute atomic E-state index is 13.4. The first-order chi connectivity index (χ1) is 18.0. The molecule has 0 aliphatic carbocycles. The molecule has 3 heterocycles. The number of benzene rings is 1. The Hall–Kier alpha value is -4.25. The number of fused-ring (bicyclic) bond motifs is 1. The van der Waals surface area contributed by atoms with Crippen molar-refractivity contribution in [3.8, 4) is 5.82 Å². The standard InChI is InChI=1S/C27H32N6O5/c1-27(2,3)38-26(37)32-14-8-12-19-21(32)16-33(31-19)24-18(11-7-13-29-24)25(36)30-20(22(34)23(28)35)15-17-9-5-4-6-10-17/h4-7,9-11,13,16,20,22,34H,8,12,14-15H2,1-3H3,(H2,28,35)(H,30,36). The van der Waals surface area contributed by atoms with Crippen molar-refractivity contribution in [2.45, 2.75) is 57.8 Å². The molecule has 3 amide bonds. The van der Waals surface area contributed by atoms with E-state index in [0.717, 1.165) is 5.56 Å². The largest absolute Gasteiger partial charge is 0.443 e. The molecule has 0 radical (unpaired) electrons. The summed E-state index contributed by atoms with van der Waals surface area (Å²) in [7, 11) is 0. The Morgan fingerprint density at radius 3 is 2.58 bits per heavy atom. The van der Waals surface area contributed by atoms with Gasteiger partial charge in [0.15, 0.2) is 11.9 Å². The molecular formula is C27H32N6O5. The van der Waals surface area contributed by atoms with Crippen LogP contribution in [0.4, 0.5) is 10.5 Å². The van der Waals surface area contributed by atoms with Gasteiger partial charge in [-0.05, 0) is 57.7 Å². The van der Waals surface area contributed by atoms with E-state index in [1.54, 1.807) is 39.1 Å². The number of primary amides is 1. The van der Waals surface area contributed by atoms with Gasteiger partial charge in [0.05, 0.1) is 29.2 Å². The van der Waals surface area contributed by atoms with E-state index in [0.29, 0.717) is 30.8 Å². The van der Waals surface area contributed by atoms with Gasteiger partial charge in [0, 0.05) is 12.7 Å².